The maximum absolute atomic E-state index is 12.1. The third-order valence-electron chi connectivity index (χ3n) is 5.15. The monoisotopic (exact) mass is 391 g/mol. The molecule has 0 aliphatic carbocycles. The van der Waals surface area contributed by atoms with E-state index in [0.717, 1.165) is 17.7 Å². The first-order valence-corrected chi connectivity index (χ1v) is 9.78. The average Bonchev–Trinajstić information content (AvgIpc) is 3.16. The number of ether oxygens (including phenoxy) is 1. The summed E-state index contributed by atoms with van der Waals surface area (Å²) in [5.74, 6) is 1.53. The normalized spacial score (nSPS) is 18.1. The molecular formula is C22H25N5O2. The van der Waals surface area contributed by atoms with Gasteiger partial charge in [0.05, 0.1) is 19.2 Å². The van der Waals surface area contributed by atoms with Crippen molar-refractivity contribution in [3.8, 4) is 5.75 Å². The van der Waals surface area contributed by atoms with Gasteiger partial charge in [0.2, 0.25) is 11.9 Å². The van der Waals surface area contributed by atoms with Crippen LogP contribution in [0.25, 0.3) is 0 Å². The molecule has 1 aromatic heterocycles. The minimum Gasteiger partial charge on any atom is -0.497 e. The molecule has 0 spiro atoms. The Morgan fingerprint density at radius 2 is 1.86 bits per heavy atom. The van der Waals surface area contributed by atoms with Gasteiger partial charge in [-0.3, -0.25) is 10.1 Å². The van der Waals surface area contributed by atoms with Crippen molar-refractivity contribution in [1.82, 2.24) is 14.8 Å². The number of hydrogen-bond acceptors (Lipinski definition) is 5. The number of carbonyl (C=O) groups is 1. The van der Waals surface area contributed by atoms with Crippen LogP contribution in [0, 0.1) is 5.92 Å². The Morgan fingerprint density at radius 3 is 2.52 bits per heavy atom. The summed E-state index contributed by atoms with van der Waals surface area (Å²) in [6, 6.07) is 18.4. The number of fused-ring (bicyclic) bond motifs is 1. The van der Waals surface area contributed by atoms with Gasteiger partial charge in [-0.15, -0.1) is 5.10 Å². The zero-order valence-electron chi connectivity index (χ0n) is 16.8. The molecule has 7 nitrogen and oxygen atoms in total. The molecule has 3 aromatic rings. The largest absolute Gasteiger partial charge is 0.497 e. The smallest absolute Gasteiger partial charge is 0.250 e. The number of rotatable bonds is 5. The molecule has 4 rings (SSSR count). The van der Waals surface area contributed by atoms with Gasteiger partial charge in [0, 0.05) is 5.92 Å². The van der Waals surface area contributed by atoms with Crippen molar-refractivity contribution in [2.75, 3.05) is 17.7 Å². The molecule has 1 amide bonds. The van der Waals surface area contributed by atoms with E-state index in [1.807, 2.05) is 48.9 Å². The lowest BCUT2D eigenvalue weighted by molar-refractivity contribution is -0.118. The summed E-state index contributed by atoms with van der Waals surface area (Å²) < 4.78 is 7.15. The highest BCUT2D eigenvalue weighted by Crippen LogP contribution is 2.38. The van der Waals surface area contributed by atoms with E-state index >= 15 is 0 Å². The Bertz CT molecular complexity index is 982. The van der Waals surface area contributed by atoms with Crippen molar-refractivity contribution in [3.05, 3.63) is 65.7 Å². The number of carbonyl (C=O) groups excluding carboxylic acids is 1. The molecule has 7 heteroatoms. The van der Waals surface area contributed by atoms with E-state index in [1.54, 1.807) is 7.11 Å². The Balaban J connectivity index is 1.70. The van der Waals surface area contributed by atoms with E-state index in [9.17, 15) is 4.79 Å². The second-order valence-corrected chi connectivity index (χ2v) is 7.48. The zero-order valence-corrected chi connectivity index (χ0v) is 16.8. The number of aromatic nitrogens is 3. The minimum absolute atomic E-state index is 0.0143. The predicted molar refractivity (Wildman–Crippen MR) is 112 cm³/mol. The summed E-state index contributed by atoms with van der Waals surface area (Å²) in [5, 5.41) is 10.9. The molecule has 0 bridgehead atoms. The van der Waals surface area contributed by atoms with E-state index < -0.39 is 0 Å². The first-order chi connectivity index (χ1) is 14.0. The highest BCUT2D eigenvalue weighted by Gasteiger charge is 2.31. The molecule has 150 valence electrons. The summed E-state index contributed by atoms with van der Waals surface area (Å²) in [5.41, 5.74) is 2.30. The first-order valence-electron chi connectivity index (χ1n) is 9.78. The van der Waals surface area contributed by atoms with E-state index in [2.05, 4.69) is 45.0 Å². The van der Waals surface area contributed by atoms with Crippen molar-refractivity contribution in [2.24, 2.45) is 5.92 Å². The molecule has 1 aliphatic rings. The summed E-state index contributed by atoms with van der Waals surface area (Å²) in [7, 11) is 1.66. The number of amides is 1. The Labute approximate surface area is 170 Å². The van der Waals surface area contributed by atoms with Gasteiger partial charge in [0.25, 0.3) is 5.95 Å². The number of methoxy groups -OCH3 is 1. The van der Waals surface area contributed by atoms with Gasteiger partial charge < -0.3 is 10.1 Å². The maximum atomic E-state index is 12.1. The molecule has 0 unspecified atom stereocenters. The molecule has 29 heavy (non-hydrogen) atoms. The van der Waals surface area contributed by atoms with Crippen LogP contribution in [-0.4, -0.2) is 27.8 Å². The number of nitrogens with one attached hydrogen (secondary N) is 2. The van der Waals surface area contributed by atoms with Crippen LogP contribution in [0.15, 0.2) is 54.6 Å². The van der Waals surface area contributed by atoms with Gasteiger partial charge in [0.15, 0.2) is 0 Å². The van der Waals surface area contributed by atoms with Gasteiger partial charge in [-0.05, 0) is 29.7 Å². The number of benzene rings is 2. The molecular weight excluding hydrogens is 366 g/mol. The standard InChI is InChI=1S/C22H25N5O2/c1-14(2)20(28)24-21-25-22-23-18(15-7-5-4-6-8-15)13-19(27(22)26-21)16-9-11-17(29-3)12-10-16/h4-12,14,18-19H,13H2,1-3H3,(H2,23,24,25,26,28)/t18-,19+/m1/s1. The van der Waals surface area contributed by atoms with Gasteiger partial charge in [-0.25, -0.2) is 4.68 Å². The Kier molecular flexibility index (Phi) is 5.20. The summed E-state index contributed by atoms with van der Waals surface area (Å²) >= 11 is 0. The lowest BCUT2D eigenvalue weighted by Gasteiger charge is -2.31. The van der Waals surface area contributed by atoms with Crippen LogP contribution in [-0.2, 0) is 4.79 Å². The topological polar surface area (TPSA) is 81.1 Å². The molecule has 0 saturated carbocycles. The zero-order chi connectivity index (χ0) is 20.4. The lowest BCUT2D eigenvalue weighted by Crippen LogP contribution is -2.28. The molecule has 2 atom stereocenters. The molecule has 2 heterocycles. The lowest BCUT2D eigenvalue weighted by atomic mass is 9.93. The molecule has 0 saturated heterocycles. The Hall–Kier alpha value is -3.35. The minimum atomic E-state index is -0.141. The van der Waals surface area contributed by atoms with Gasteiger partial charge in [-0.2, -0.15) is 4.98 Å². The fourth-order valence-corrected chi connectivity index (χ4v) is 3.49. The molecule has 2 N–H and O–H groups in total. The fourth-order valence-electron chi connectivity index (χ4n) is 3.49. The summed E-state index contributed by atoms with van der Waals surface area (Å²) in [6.07, 6.45) is 0.810. The van der Waals surface area contributed by atoms with Crippen LogP contribution in [0.4, 0.5) is 11.9 Å². The van der Waals surface area contributed by atoms with Gasteiger partial charge in [0.1, 0.15) is 5.75 Å². The second-order valence-electron chi connectivity index (χ2n) is 7.48. The Morgan fingerprint density at radius 1 is 1.14 bits per heavy atom. The maximum Gasteiger partial charge on any atom is 0.250 e. The first kappa shape index (κ1) is 19.0. The van der Waals surface area contributed by atoms with E-state index in [0.29, 0.717) is 11.9 Å². The summed E-state index contributed by atoms with van der Waals surface area (Å²) in [6.45, 7) is 3.68. The molecule has 0 radical (unpaired) electrons. The quantitative estimate of drug-likeness (QED) is 0.686. The van der Waals surface area contributed by atoms with Gasteiger partial charge in [-0.1, -0.05) is 56.3 Å². The summed E-state index contributed by atoms with van der Waals surface area (Å²) in [4.78, 5) is 16.6. The van der Waals surface area contributed by atoms with E-state index in [1.165, 1.54) is 5.56 Å². The van der Waals surface area contributed by atoms with E-state index in [4.69, 9.17) is 4.74 Å². The van der Waals surface area contributed by atoms with Crippen LogP contribution >= 0.6 is 0 Å². The highest BCUT2D eigenvalue weighted by atomic mass is 16.5. The highest BCUT2D eigenvalue weighted by molar-refractivity contribution is 5.90. The van der Waals surface area contributed by atoms with Crippen LogP contribution in [0.3, 0.4) is 0 Å². The third-order valence-corrected chi connectivity index (χ3v) is 5.15. The van der Waals surface area contributed by atoms with Crippen molar-refractivity contribution in [2.45, 2.75) is 32.4 Å². The third kappa shape index (κ3) is 3.94. The molecule has 2 aromatic carbocycles. The molecule has 0 fully saturated rings. The van der Waals surface area contributed by atoms with Crippen molar-refractivity contribution in [3.63, 3.8) is 0 Å². The van der Waals surface area contributed by atoms with Gasteiger partial charge >= 0.3 is 0 Å². The average molecular weight is 391 g/mol. The second kappa shape index (κ2) is 7.95. The van der Waals surface area contributed by atoms with Crippen LogP contribution in [0.2, 0.25) is 0 Å². The van der Waals surface area contributed by atoms with Crippen LogP contribution in [0.5, 0.6) is 5.75 Å². The van der Waals surface area contributed by atoms with Crippen molar-refractivity contribution >= 4 is 17.8 Å². The number of nitrogens with zero attached hydrogens (tertiary/aromatic N) is 3. The fraction of sp³-hybridized carbons (Fsp3) is 0.318. The number of anilines is 2. The van der Waals surface area contributed by atoms with E-state index in [-0.39, 0.29) is 23.9 Å². The number of hydrogen-bond donors (Lipinski definition) is 2. The molecule has 1 aliphatic heterocycles. The van der Waals surface area contributed by atoms with Crippen LogP contribution in [0.1, 0.15) is 43.5 Å². The van der Waals surface area contributed by atoms with Crippen molar-refractivity contribution in [1.29, 1.82) is 0 Å². The SMILES string of the molecule is COc1ccc([C@@H]2C[C@H](c3ccccc3)Nc3nc(NC(=O)C(C)C)nn32)cc1. The van der Waals surface area contributed by atoms with Crippen LogP contribution < -0.4 is 15.4 Å². The predicted octanol–water partition coefficient (Wildman–Crippen LogP) is 4.03. The van der Waals surface area contributed by atoms with Crippen molar-refractivity contribution < 1.29 is 9.53 Å².